The average molecular weight is 849 g/mol. The van der Waals surface area contributed by atoms with E-state index in [1.807, 2.05) is 24.3 Å². The fourth-order valence-corrected chi connectivity index (χ4v) is 9.42. The second-order valence-electron chi connectivity index (χ2n) is 17.1. The van der Waals surface area contributed by atoms with Gasteiger partial charge in [-0.25, -0.2) is 0 Å². The summed E-state index contributed by atoms with van der Waals surface area (Å²) in [5.41, 5.74) is 19.3. The SMILES string of the molecule is Cc1ccc(N(c2ccc(-c3ccc(N(c4ccc(C)cc4)c4ccc(-c5cccc6c5oc5ccccc56)cc4)cc3)cc2)c2ccc(-c3cccc4c3oc3ccccc34)cc2)cc1. The Bertz CT molecular complexity index is 3430. The zero-order valence-electron chi connectivity index (χ0n) is 36.7. The summed E-state index contributed by atoms with van der Waals surface area (Å²) >= 11 is 0. The molecule has 0 saturated heterocycles. The van der Waals surface area contributed by atoms with E-state index in [0.29, 0.717) is 0 Å². The molecular formula is C62H44N2O2. The minimum atomic E-state index is 0.904. The van der Waals surface area contributed by atoms with Gasteiger partial charge >= 0.3 is 0 Å². The maximum Gasteiger partial charge on any atom is 0.143 e. The van der Waals surface area contributed by atoms with Gasteiger partial charge < -0.3 is 18.6 Å². The molecular weight excluding hydrogens is 805 g/mol. The molecule has 0 N–H and O–H groups in total. The van der Waals surface area contributed by atoms with Gasteiger partial charge in [0, 0.05) is 66.8 Å². The number of benzene rings is 10. The molecule has 4 nitrogen and oxygen atoms in total. The van der Waals surface area contributed by atoms with Gasteiger partial charge in [-0.15, -0.1) is 0 Å². The normalized spacial score (nSPS) is 11.5. The molecule has 2 heterocycles. The van der Waals surface area contributed by atoms with Crippen molar-refractivity contribution in [3.05, 3.63) is 242 Å². The predicted octanol–water partition coefficient (Wildman–Crippen LogP) is 18.0. The van der Waals surface area contributed by atoms with E-state index in [9.17, 15) is 0 Å². The van der Waals surface area contributed by atoms with E-state index >= 15 is 0 Å². The van der Waals surface area contributed by atoms with E-state index in [1.165, 1.54) is 11.1 Å². The van der Waals surface area contributed by atoms with Crippen LogP contribution in [0.25, 0.3) is 77.3 Å². The Kier molecular flexibility index (Phi) is 9.57. The highest BCUT2D eigenvalue weighted by molar-refractivity contribution is 6.10. The third-order valence-electron chi connectivity index (χ3n) is 12.9. The van der Waals surface area contributed by atoms with Crippen LogP contribution < -0.4 is 9.80 Å². The lowest BCUT2D eigenvalue weighted by Gasteiger charge is -2.26. The molecule has 10 aromatic carbocycles. The van der Waals surface area contributed by atoms with Crippen molar-refractivity contribution in [1.29, 1.82) is 0 Å². The first-order valence-corrected chi connectivity index (χ1v) is 22.5. The van der Waals surface area contributed by atoms with Crippen molar-refractivity contribution >= 4 is 78.0 Å². The molecule has 0 aliphatic heterocycles. The zero-order chi connectivity index (χ0) is 44.1. The van der Waals surface area contributed by atoms with E-state index in [-0.39, 0.29) is 0 Å². The number of aryl methyl sites for hydroxylation is 2. The average Bonchev–Trinajstić information content (AvgIpc) is 3.95. The monoisotopic (exact) mass is 848 g/mol. The first kappa shape index (κ1) is 39.0. The van der Waals surface area contributed by atoms with Crippen LogP contribution >= 0.6 is 0 Å². The number of hydrogen-bond donors (Lipinski definition) is 0. The molecule has 12 aromatic rings. The topological polar surface area (TPSA) is 32.8 Å². The lowest BCUT2D eigenvalue weighted by atomic mass is 10.0. The highest BCUT2D eigenvalue weighted by Crippen LogP contribution is 2.42. The van der Waals surface area contributed by atoms with Crippen molar-refractivity contribution in [2.75, 3.05) is 9.80 Å². The van der Waals surface area contributed by atoms with Crippen molar-refractivity contribution in [2.45, 2.75) is 13.8 Å². The molecule has 0 atom stereocenters. The summed E-state index contributed by atoms with van der Waals surface area (Å²) in [7, 11) is 0. The number of furan rings is 2. The van der Waals surface area contributed by atoms with E-state index < -0.39 is 0 Å². The van der Waals surface area contributed by atoms with Gasteiger partial charge in [-0.3, -0.25) is 0 Å². The molecule has 0 radical (unpaired) electrons. The van der Waals surface area contributed by atoms with Crippen LogP contribution in [0.5, 0.6) is 0 Å². The Hall–Kier alpha value is -8.60. The Balaban J connectivity index is 0.844. The lowest BCUT2D eigenvalue weighted by molar-refractivity contribution is 0.669. The number of para-hydroxylation sites is 4. The van der Waals surface area contributed by atoms with Gasteiger partial charge in [0.15, 0.2) is 0 Å². The fourth-order valence-electron chi connectivity index (χ4n) is 9.42. The van der Waals surface area contributed by atoms with Crippen molar-refractivity contribution < 1.29 is 8.83 Å². The molecule has 0 unspecified atom stereocenters. The Labute approximate surface area is 383 Å². The third kappa shape index (κ3) is 6.97. The van der Waals surface area contributed by atoms with E-state index in [0.717, 1.165) is 111 Å². The fraction of sp³-hybridized carbons (Fsp3) is 0.0323. The molecule has 66 heavy (non-hydrogen) atoms. The number of anilines is 6. The van der Waals surface area contributed by atoms with Gasteiger partial charge in [0.2, 0.25) is 0 Å². The molecule has 0 amide bonds. The second kappa shape index (κ2) is 16.2. The minimum Gasteiger partial charge on any atom is -0.455 e. The molecule has 12 rings (SSSR count). The zero-order valence-corrected chi connectivity index (χ0v) is 36.7. The van der Waals surface area contributed by atoms with Crippen molar-refractivity contribution in [2.24, 2.45) is 0 Å². The molecule has 0 aliphatic rings. The Morgan fingerprint density at radius 1 is 0.258 bits per heavy atom. The largest absolute Gasteiger partial charge is 0.455 e. The number of fused-ring (bicyclic) bond motifs is 6. The molecule has 0 bridgehead atoms. The van der Waals surface area contributed by atoms with E-state index in [1.54, 1.807) is 0 Å². The number of rotatable bonds is 9. The molecule has 2 aromatic heterocycles. The smallest absolute Gasteiger partial charge is 0.143 e. The second-order valence-corrected chi connectivity index (χ2v) is 17.1. The Morgan fingerprint density at radius 3 is 0.894 bits per heavy atom. The summed E-state index contributed by atoms with van der Waals surface area (Å²) in [4.78, 5) is 4.64. The van der Waals surface area contributed by atoms with E-state index in [2.05, 4.69) is 230 Å². The molecule has 0 saturated carbocycles. The van der Waals surface area contributed by atoms with Crippen molar-refractivity contribution in [3.8, 4) is 33.4 Å². The van der Waals surface area contributed by atoms with Crippen molar-refractivity contribution in [3.63, 3.8) is 0 Å². The molecule has 0 spiro atoms. The summed E-state index contributed by atoms with van der Waals surface area (Å²) in [6.45, 7) is 4.26. The summed E-state index contributed by atoms with van der Waals surface area (Å²) < 4.78 is 12.8. The number of hydrogen-bond acceptors (Lipinski definition) is 4. The third-order valence-corrected chi connectivity index (χ3v) is 12.9. The summed E-state index contributed by atoms with van der Waals surface area (Å²) in [6.07, 6.45) is 0. The van der Waals surface area contributed by atoms with Crippen LogP contribution in [0.3, 0.4) is 0 Å². The van der Waals surface area contributed by atoms with Crippen LogP contribution in [0.2, 0.25) is 0 Å². The number of nitrogens with zero attached hydrogens (tertiary/aromatic N) is 2. The van der Waals surface area contributed by atoms with Crippen molar-refractivity contribution in [1.82, 2.24) is 0 Å². The first-order chi connectivity index (χ1) is 32.5. The van der Waals surface area contributed by atoms with Gasteiger partial charge in [0.1, 0.15) is 22.3 Å². The summed E-state index contributed by atoms with van der Waals surface area (Å²) in [6, 6.07) is 82.2. The van der Waals surface area contributed by atoms with Crippen LogP contribution in [0.1, 0.15) is 11.1 Å². The van der Waals surface area contributed by atoms with Crippen LogP contribution in [-0.4, -0.2) is 0 Å². The van der Waals surface area contributed by atoms with Gasteiger partial charge in [-0.1, -0.05) is 157 Å². The maximum absolute atomic E-state index is 6.40. The van der Waals surface area contributed by atoms with Crippen LogP contribution in [0.4, 0.5) is 34.1 Å². The maximum atomic E-state index is 6.40. The van der Waals surface area contributed by atoms with Gasteiger partial charge in [-0.2, -0.15) is 0 Å². The van der Waals surface area contributed by atoms with Crippen LogP contribution in [0, 0.1) is 13.8 Å². The highest BCUT2D eigenvalue weighted by atomic mass is 16.3. The van der Waals surface area contributed by atoms with Crippen LogP contribution in [-0.2, 0) is 0 Å². The molecule has 0 aliphatic carbocycles. The standard InChI is InChI=1S/C62H44N2O2/c1-41-17-29-47(30-18-41)63(51-37-25-45(26-38-51)53-11-7-13-57-55-9-3-5-15-59(55)65-61(53)57)49-33-21-43(22-34-49)44-23-35-50(36-24-44)64(48-31-19-42(2)20-32-48)52-39-27-46(28-40-52)54-12-8-14-58-56-10-4-6-16-60(56)66-62(54)58/h3-40H,1-2H3. The van der Waals surface area contributed by atoms with Gasteiger partial charge in [-0.05, 0) is 121 Å². The predicted molar refractivity (Wildman–Crippen MR) is 276 cm³/mol. The molecule has 314 valence electrons. The Morgan fingerprint density at radius 2 is 0.545 bits per heavy atom. The highest BCUT2D eigenvalue weighted by Gasteiger charge is 2.18. The molecule has 0 fully saturated rings. The van der Waals surface area contributed by atoms with Gasteiger partial charge in [0.05, 0.1) is 0 Å². The molecule has 4 heteroatoms. The quantitative estimate of drug-likeness (QED) is 0.145. The van der Waals surface area contributed by atoms with E-state index in [4.69, 9.17) is 8.83 Å². The summed E-state index contributed by atoms with van der Waals surface area (Å²) in [5, 5.41) is 4.53. The lowest BCUT2D eigenvalue weighted by Crippen LogP contribution is -2.10. The summed E-state index contributed by atoms with van der Waals surface area (Å²) in [5.74, 6) is 0. The van der Waals surface area contributed by atoms with Crippen LogP contribution in [0.15, 0.2) is 239 Å². The van der Waals surface area contributed by atoms with Gasteiger partial charge in [0.25, 0.3) is 0 Å². The minimum absolute atomic E-state index is 0.904. The first-order valence-electron chi connectivity index (χ1n) is 22.5.